The largest absolute Gasteiger partial charge is 0.451 e. The zero-order valence-corrected chi connectivity index (χ0v) is 15.3. The fraction of sp³-hybridized carbons (Fsp3) is 0.412. The predicted octanol–water partition coefficient (Wildman–Crippen LogP) is 0.843. The Kier molecular flexibility index (Phi) is 5.09. The third kappa shape index (κ3) is 3.48. The number of nitrogens with one attached hydrogen (secondary N) is 1. The minimum absolute atomic E-state index is 0.208. The number of amides is 4. The van der Waals surface area contributed by atoms with Crippen LogP contribution in [0.25, 0.3) is 0 Å². The van der Waals surface area contributed by atoms with Crippen molar-refractivity contribution < 1.29 is 28.3 Å². The number of nitrogens with zero attached hydrogens (tertiary/aromatic N) is 1. The molecule has 0 unspecified atom stereocenters. The molecule has 0 spiro atoms. The number of carbonyl (C=O) groups is 4. The van der Waals surface area contributed by atoms with Crippen LogP contribution in [-0.2, 0) is 24.0 Å². The highest BCUT2D eigenvalue weighted by Gasteiger charge is 2.57. The molecule has 2 aliphatic heterocycles. The lowest BCUT2D eigenvalue weighted by Gasteiger charge is -2.33. The van der Waals surface area contributed by atoms with Gasteiger partial charge in [-0.25, -0.2) is 14.0 Å². The van der Waals surface area contributed by atoms with Gasteiger partial charge in [0.15, 0.2) is 6.10 Å². The molecular weight excluding hydrogens is 377 g/mol. The first-order chi connectivity index (χ1) is 12.7. The molecule has 2 fully saturated rings. The van der Waals surface area contributed by atoms with Crippen LogP contribution in [0.2, 0.25) is 0 Å². The van der Waals surface area contributed by atoms with Gasteiger partial charge in [-0.2, -0.15) is 0 Å². The first kappa shape index (κ1) is 19.2. The molecule has 0 bridgehead atoms. The Balaban J connectivity index is 1.79. The quantitative estimate of drug-likeness (QED) is 0.730. The second-order valence-corrected chi connectivity index (χ2v) is 7.61. The normalized spacial score (nSPS) is 25.0. The maximum absolute atomic E-state index is 13.3. The highest BCUT2D eigenvalue weighted by Crippen LogP contribution is 2.54. The summed E-state index contributed by atoms with van der Waals surface area (Å²) < 4.78 is 18.4. The van der Waals surface area contributed by atoms with Crippen molar-refractivity contribution in [1.82, 2.24) is 10.2 Å². The van der Waals surface area contributed by atoms with E-state index in [2.05, 4.69) is 0 Å². The number of halogens is 1. The van der Waals surface area contributed by atoms with Crippen LogP contribution in [0.15, 0.2) is 24.3 Å². The Morgan fingerprint density at radius 1 is 1.37 bits per heavy atom. The van der Waals surface area contributed by atoms with Crippen LogP contribution in [0, 0.1) is 5.82 Å². The minimum Gasteiger partial charge on any atom is -0.451 e. The van der Waals surface area contributed by atoms with E-state index < -0.39 is 34.9 Å². The molecule has 2 heterocycles. The summed E-state index contributed by atoms with van der Waals surface area (Å²) in [6.07, 6.45) is -0.497. The number of fused-ring (bicyclic) bond motifs is 1. The molecule has 1 aromatic carbocycles. The lowest BCUT2D eigenvalue weighted by atomic mass is 10.0. The maximum Gasteiger partial charge on any atom is 0.330 e. The molecule has 0 aromatic heterocycles. The van der Waals surface area contributed by atoms with Gasteiger partial charge in [0.2, 0.25) is 5.91 Å². The van der Waals surface area contributed by atoms with Gasteiger partial charge >= 0.3 is 12.0 Å². The van der Waals surface area contributed by atoms with E-state index in [0.29, 0.717) is 6.42 Å². The molecule has 0 radical (unpaired) electrons. The van der Waals surface area contributed by atoms with Crippen molar-refractivity contribution in [3.8, 4) is 0 Å². The third-order valence-electron chi connectivity index (χ3n) is 4.60. The topological polar surface area (TPSA) is 119 Å². The Labute approximate surface area is 158 Å². The number of hydrogen-bond acceptors (Lipinski definition) is 6. The molecule has 144 valence electrons. The number of carbonyl (C=O) groups excluding carboxylic acids is 4. The fourth-order valence-electron chi connectivity index (χ4n) is 3.36. The standard InChI is InChI=1S/C17H18FN3O5S/c1-9(14(23)20-16(19)25)26-15(24)12-8-27-17(7-6-13(22)21(12)17)10-2-4-11(18)5-3-10/h2-5,9,12H,6-8H2,1H3,(H3,19,20,23,25)/t9-,12+,17+/m0/s1. The van der Waals surface area contributed by atoms with Gasteiger partial charge in [0.25, 0.3) is 5.91 Å². The summed E-state index contributed by atoms with van der Waals surface area (Å²) in [6, 6.07) is 3.90. The molecular formula is C17H18FN3O5S. The molecule has 3 atom stereocenters. The Morgan fingerprint density at radius 2 is 2.04 bits per heavy atom. The van der Waals surface area contributed by atoms with Crippen LogP contribution in [-0.4, -0.2) is 46.6 Å². The van der Waals surface area contributed by atoms with Crippen LogP contribution in [0.5, 0.6) is 0 Å². The van der Waals surface area contributed by atoms with E-state index in [9.17, 15) is 23.6 Å². The average molecular weight is 395 g/mol. The lowest BCUT2D eigenvalue weighted by Crippen LogP contribution is -2.49. The molecule has 8 nitrogen and oxygen atoms in total. The van der Waals surface area contributed by atoms with Crippen molar-refractivity contribution in [2.45, 2.75) is 36.8 Å². The van der Waals surface area contributed by atoms with E-state index >= 15 is 0 Å². The van der Waals surface area contributed by atoms with E-state index in [-0.39, 0.29) is 23.9 Å². The van der Waals surface area contributed by atoms with Gasteiger partial charge in [0, 0.05) is 12.2 Å². The van der Waals surface area contributed by atoms with E-state index in [1.54, 1.807) is 12.1 Å². The second-order valence-electron chi connectivity index (χ2n) is 6.31. The third-order valence-corrected chi connectivity index (χ3v) is 6.20. The van der Waals surface area contributed by atoms with Crippen LogP contribution < -0.4 is 11.1 Å². The summed E-state index contributed by atoms with van der Waals surface area (Å²) in [7, 11) is 0. The zero-order chi connectivity index (χ0) is 19.8. The number of rotatable bonds is 4. The van der Waals surface area contributed by atoms with Crippen LogP contribution in [0.3, 0.4) is 0 Å². The Morgan fingerprint density at radius 3 is 2.67 bits per heavy atom. The minimum atomic E-state index is -1.24. The van der Waals surface area contributed by atoms with E-state index in [1.165, 1.54) is 35.7 Å². The van der Waals surface area contributed by atoms with Crippen LogP contribution >= 0.6 is 11.8 Å². The zero-order valence-electron chi connectivity index (χ0n) is 14.4. The summed E-state index contributed by atoms with van der Waals surface area (Å²) in [5.41, 5.74) is 5.60. The predicted molar refractivity (Wildman–Crippen MR) is 93.7 cm³/mol. The van der Waals surface area contributed by atoms with E-state index in [4.69, 9.17) is 10.5 Å². The van der Waals surface area contributed by atoms with E-state index in [1.807, 2.05) is 5.32 Å². The number of benzene rings is 1. The molecule has 2 saturated heterocycles. The van der Waals surface area contributed by atoms with Gasteiger partial charge in [0.1, 0.15) is 16.7 Å². The molecule has 3 rings (SSSR count). The van der Waals surface area contributed by atoms with E-state index in [0.717, 1.165) is 5.56 Å². The fourth-order valence-corrected chi connectivity index (χ4v) is 4.99. The monoisotopic (exact) mass is 395 g/mol. The van der Waals surface area contributed by atoms with Crippen molar-refractivity contribution in [3.63, 3.8) is 0 Å². The maximum atomic E-state index is 13.3. The van der Waals surface area contributed by atoms with Crippen molar-refractivity contribution in [2.75, 3.05) is 5.75 Å². The van der Waals surface area contributed by atoms with Crippen molar-refractivity contribution in [2.24, 2.45) is 5.73 Å². The van der Waals surface area contributed by atoms with Crippen molar-refractivity contribution in [1.29, 1.82) is 0 Å². The first-order valence-corrected chi connectivity index (χ1v) is 9.26. The van der Waals surface area contributed by atoms with Gasteiger partial charge < -0.3 is 15.4 Å². The number of hydrogen-bond donors (Lipinski definition) is 2. The Hall–Kier alpha value is -2.62. The van der Waals surface area contributed by atoms with Crippen molar-refractivity contribution in [3.05, 3.63) is 35.6 Å². The SMILES string of the molecule is C[C@H](OC(=O)[C@H]1CS[C@@]2(c3ccc(F)cc3)CCC(=O)N12)C(=O)NC(N)=O. The van der Waals surface area contributed by atoms with Crippen molar-refractivity contribution >= 4 is 35.6 Å². The summed E-state index contributed by atoms with van der Waals surface area (Å²) in [4.78, 5) is 48.2. The molecule has 0 aliphatic carbocycles. The molecule has 1 aromatic rings. The number of thioether (sulfide) groups is 1. The number of imide groups is 1. The van der Waals surface area contributed by atoms with Gasteiger partial charge in [-0.05, 0) is 31.0 Å². The second kappa shape index (κ2) is 7.18. The number of ether oxygens (including phenoxy) is 1. The first-order valence-electron chi connectivity index (χ1n) is 8.27. The summed E-state index contributed by atoms with van der Waals surface area (Å²) in [5, 5.41) is 1.83. The van der Waals surface area contributed by atoms with Gasteiger partial charge in [0.05, 0.1) is 0 Å². The van der Waals surface area contributed by atoms with Gasteiger partial charge in [-0.15, -0.1) is 11.8 Å². The summed E-state index contributed by atoms with van der Waals surface area (Å²) in [5.74, 6) is -1.90. The Bertz CT molecular complexity index is 802. The summed E-state index contributed by atoms with van der Waals surface area (Å²) >= 11 is 1.41. The summed E-state index contributed by atoms with van der Waals surface area (Å²) in [6.45, 7) is 1.30. The molecule has 10 heteroatoms. The highest BCUT2D eigenvalue weighted by atomic mass is 32.2. The lowest BCUT2D eigenvalue weighted by molar-refractivity contribution is -0.161. The molecule has 3 N–H and O–H groups in total. The number of nitrogens with two attached hydrogens (primary N) is 1. The van der Waals surface area contributed by atoms with Gasteiger partial charge in [-0.1, -0.05) is 12.1 Å². The molecule has 4 amide bonds. The molecule has 27 heavy (non-hydrogen) atoms. The highest BCUT2D eigenvalue weighted by molar-refractivity contribution is 8.00. The number of urea groups is 1. The average Bonchev–Trinajstić information content (AvgIpc) is 3.14. The molecule has 2 aliphatic rings. The number of primary amides is 1. The molecule has 0 saturated carbocycles. The van der Waals surface area contributed by atoms with Gasteiger partial charge in [-0.3, -0.25) is 14.9 Å². The smallest absolute Gasteiger partial charge is 0.330 e. The number of esters is 1. The van der Waals surface area contributed by atoms with Crippen LogP contribution in [0.1, 0.15) is 25.3 Å². The van der Waals surface area contributed by atoms with Crippen LogP contribution in [0.4, 0.5) is 9.18 Å².